The van der Waals surface area contributed by atoms with Gasteiger partial charge in [-0.2, -0.15) is 5.10 Å². The van der Waals surface area contributed by atoms with Crippen LogP contribution in [0.25, 0.3) is 0 Å². The fourth-order valence-electron chi connectivity index (χ4n) is 1.70. The Morgan fingerprint density at radius 3 is 2.91 bits per heavy atom. The minimum atomic E-state index is -0.751. The molecule has 2 heterocycles. The predicted octanol–water partition coefficient (Wildman–Crippen LogP) is 1.07. The van der Waals surface area contributed by atoms with E-state index in [4.69, 9.17) is 9.15 Å². The van der Waals surface area contributed by atoms with Crippen LogP contribution in [0.2, 0.25) is 0 Å². The van der Waals surface area contributed by atoms with E-state index in [-0.39, 0.29) is 11.5 Å². The van der Waals surface area contributed by atoms with Gasteiger partial charge in [-0.05, 0) is 24.6 Å². The van der Waals surface area contributed by atoms with Crippen molar-refractivity contribution < 1.29 is 23.5 Å². The number of nitrogens with zero attached hydrogens (tertiary/aromatic N) is 1. The van der Waals surface area contributed by atoms with Crippen molar-refractivity contribution in [1.29, 1.82) is 0 Å². The summed E-state index contributed by atoms with van der Waals surface area (Å²) in [4.78, 5) is 34.7. The van der Waals surface area contributed by atoms with E-state index >= 15 is 0 Å². The number of carbonyl (C=O) groups excluding carboxylic acids is 3. The van der Waals surface area contributed by atoms with Gasteiger partial charge in [0.2, 0.25) is 0 Å². The largest absolute Gasteiger partial charge is 0.459 e. The fraction of sp³-hybridized carbons (Fsp3) is 0.286. The molecular weight excluding hydrogens is 290 g/mol. The normalized spacial score (nSPS) is 10.2. The molecule has 0 aliphatic rings. The summed E-state index contributed by atoms with van der Waals surface area (Å²) in [5.41, 5.74) is 0.903. The first-order chi connectivity index (χ1) is 10.6. The summed E-state index contributed by atoms with van der Waals surface area (Å²) in [6.07, 6.45) is 2.98. The molecule has 0 aliphatic heterocycles. The first kappa shape index (κ1) is 15.5. The first-order valence-corrected chi connectivity index (χ1v) is 6.69. The number of esters is 1. The molecule has 0 radical (unpaired) electrons. The van der Waals surface area contributed by atoms with Crippen molar-refractivity contribution in [3.8, 4) is 0 Å². The van der Waals surface area contributed by atoms with Crippen LogP contribution in [0.5, 0.6) is 0 Å². The topological polar surface area (TPSA) is 114 Å². The average molecular weight is 305 g/mol. The number of hydrogen-bond acceptors (Lipinski definition) is 6. The Bertz CT molecular complexity index is 660. The molecule has 0 atom stereocenters. The summed E-state index contributed by atoms with van der Waals surface area (Å²) in [5, 5.41) is 8.55. The zero-order valence-corrected chi connectivity index (χ0v) is 11.9. The van der Waals surface area contributed by atoms with Gasteiger partial charge in [0, 0.05) is 5.69 Å². The molecule has 0 saturated carbocycles. The SMILES string of the molecule is CCCc1cc(C(=O)OCC(=O)NC(=O)c2ccco2)n[nH]1. The predicted molar refractivity (Wildman–Crippen MR) is 74.0 cm³/mol. The molecule has 8 nitrogen and oxygen atoms in total. The van der Waals surface area contributed by atoms with Crippen molar-refractivity contribution >= 4 is 17.8 Å². The maximum Gasteiger partial charge on any atom is 0.359 e. The molecule has 2 amide bonds. The standard InChI is InChI=1S/C14H15N3O5/c1-2-4-9-7-10(17-16-9)14(20)22-8-12(18)15-13(19)11-5-3-6-21-11/h3,5-7H,2,4,8H2,1H3,(H,16,17)(H,15,18,19). The molecular formula is C14H15N3O5. The lowest BCUT2D eigenvalue weighted by molar-refractivity contribution is -0.123. The summed E-state index contributed by atoms with van der Waals surface area (Å²) >= 11 is 0. The number of aryl methyl sites for hydroxylation is 1. The highest BCUT2D eigenvalue weighted by atomic mass is 16.5. The third-order valence-corrected chi connectivity index (χ3v) is 2.69. The van der Waals surface area contributed by atoms with Crippen LogP contribution in [0, 0.1) is 0 Å². The molecule has 2 rings (SSSR count). The molecule has 0 unspecified atom stereocenters. The molecule has 22 heavy (non-hydrogen) atoms. The molecule has 0 fully saturated rings. The smallest absolute Gasteiger partial charge is 0.359 e. The lowest BCUT2D eigenvalue weighted by atomic mass is 10.2. The number of carbonyl (C=O) groups is 3. The summed E-state index contributed by atoms with van der Waals surface area (Å²) in [6, 6.07) is 4.50. The van der Waals surface area contributed by atoms with Crippen LogP contribution in [0.3, 0.4) is 0 Å². The number of aromatic nitrogens is 2. The Morgan fingerprint density at radius 2 is 2.23 bits per heavy atom. The Labute approximate surface area is 125 Å². The third kappa shape index (κ3) is 4.05. The molecule has 0 aliphatic carbocycles. The van der Waals surface area contributed by atoms with Gasteiger partial charge in [0.1, 0.15) is 0 Å². The molecule has 116 valence electrons. The second kappa shape index (κ2) is 7.21. The molecule has 2 N–H and O–H groups in total. The van der Waals surface area contributed by atoms with Crippen molar-refractivity contribution in [3.63, 3.8) is 0 Å². The van der Waals surface area contributed by atoms with Gasteiger partial charge in [0.05, 0.1) is 6.26 Å². The van der Waals surface area contributed by atoms with Crippen LogP contribution in [0.4, 0.5) is 0 Å². The number of ether oxygens (including phenoxy) is 1. The van der Waals surface area contributed by atoms with Gasteiger partial charge >= 0.3 is 5.97 Å². The van der Waals surface area contributed by atoms with Crippen molar-refractivity contribution in [1.82, 2.24) is 15.5 Å². The number of amides is 2. The van der Waals surface area contributed by atoms with Gasteiger partial charge < -0.3 is 9.15 Å². The number of H-pyrrole nitrogens is 1. The number of furan rings is 1. The van der Waals surface area contributed by atoms with Crippen molar-refractivity contribution in [2.75, 3.05) is 6.61 Å². The molecule has 2 aromatic heterocycles. The molecule has 0 aromatic carbocycles. The van der Waals surface area contributed by atoms with E-state index in [1.807, 2.05) is 12.2 Å². The zero-order valence-electron chi connectivity index (χ0n) is 11.9. The molecule has 0 spiro atoms. The summed E-state index contributed by atoms with van der Waals surface area (Å²) in [7, 11) is 0. The summed E-state index contributed by atoms with van der Waals surface area (Å²) in [6.45, 7) is 1.42. The molecule has 0 bridgehead atoms. The Balaban J connectivity index is 1.80. The monoisotopic (exact) mass is 305 g/mol. The van der Waals surface area contributed by atoms with Gasteiger partial charge in [0.15, 0.2) is 18.1 Å². The first-order valence-electron chi connectivity index (χ1n) is 6.69. The van der Waals surface area contributed by atoms with Crippen molar-refractivity contribution in [3.05, 3.63) is 41.6 Å². The highest BCUT2D eigenvalue weighted by Gasteiger charge is 2.16. The van der Waals surface area contributed by atoms with Crippen LogP contribution in [0.15, 0.2) is 28.9 Å². The third-order valence-electron chi connectivity index (χ3n) is 2.69. The average Bonchev–Trinajstić information content (AvgIpc) is 3.16. The highest BCUT2D eigenvalue weighted by molar-refractivity contribution is 6.03. The molecule has 2 aromatic rings. The number of hydrogen-bond donors (Lipinski definition) is 2. The fourth-order valence-corrected chi connectivity index (χ4v) is 1.70. The highest BCUT2D eigenvalue weighted by Crippen LogP contribution is 2.04. The quantitative estimate of drug-likeness (QED) is 0.771. The number of imide groups is 1. The van der Waals surface area contributed by atoms with Crippen molar-refractivity contribution in [2.45, 2.75) is 19.8 Å². The Hall–Kier alpha value is -2.90. The van der Waals surface area contributed by atoms with Gasteiger partial charge in [-0.3, -0.25) is 20.0 Å². The number of nitrogens with one attached hydrogen (secondary N) is 2. The summed E-state index contributed by atoms with van der Waals surface area (Å²) in [5.74, 6) is -2.19. The van der Waals surface area contributed by atoms with E-state index in [2.05, 4.69) is 10.2 Å². The van der Waals surface area contributed by atoms with Gasteiger partial charge in [0.25, 0.3) is 11.8 Å². The van der Waals surface area contributed by atoms with E-state index in [0.717, 1.165) is 18.5 Å². The van der Waals surface area contributed by atoms with Crippen LogP contribution >= 0.6 is 0 Å². The van der Waals surface area contributed by atoms with Gasteiger partial charge in [-0.25, -0.2) is 4.79 Å². The maximum atomic E-state index is 11.7. The second-order valence-corrected chi connectivity index (χ2v) is 4.46. The lowest BCUT2D eigenvalue weighted by Gasteiger charge is -2.03. The second-order valence-electron chi connectivity index (χ2n) is 4.46. The van der Waals surface area contributed by atoms with E-state index < -0.39 is 24.4 Å². The zero-order chi connectivity index (χ0) is 15.9. The van der Waals surface area contributed by atoms with Crippen molar-refractivity contribution in [2.24, 2.45) is 0 Å². The number of rotatable bonds is 6. The van der Waals surface area contributed by atoms with Gasteiger partial charge in [-0.1, -0.05) is 13.3 Å². The van der Waals surface area contributed by atoms with Gasteiger partial charge in [-0.15, -0.1) is 0 Å². The minimum Gasteiger partial charge on any atom is -0.459 e. The molecule has 8 heteroatoms. The Morgan fingerprint density at radius 1 is 1.41 bits per heavy atom. The summed E-state index contributed by atoms with van der Waals surface area (Å²) < 4.78 is 9.61. The van der Waals surface area contributed by atoms with Crippen LogP contribution in [0.1, 0.15) is 40.1 Å². The minimum absolute atomic E-state index is 0.00353. The van der Waals surface area contributed by atoms with E-state index in [9.17, 15) is 14.4 Å². The molecule has 0 saturated heterocycles. The van der Waals surface area contributed by atoms with Crippen LogP contribution < -0.4 is 5.32 Å². The van der Waals surface area contributed by atoms with Crippen LogP contribution in [-0.4, -0.2) is 34.6 Å². The van der Waals surface area contributed by atoms with E-state index in [1.54, 1.807) is 6.07 Å². The lowest BCUT2D eigenvalue weighted by Crippen LogP contribution is -2.34. The Kier molecular flexibility index (Phi) is 5.07. The van der Waals surface area contributed by atoms with E-state index in [1.165, 1.54) is 18.4 Å². The maximum absolute atomic E-state index is 11.7. The van der Waals surface area contributed by atoms with Crippen LogP contribution in [-0.2, 0) is 16.0 Å². The van der Waals surface area contributed by atoms with E-state index in [0.29, 0.717) is 0 Å². The number of aromatic amines is 1.